The molecule has 0 aliphatic heterocycles. The van der Waals surface area contributed by atoms with Gasteiger partial charge in [-0.25, -0.2) is 9.78 Å². The van der Waals surface area contributed by atoms with Gasteiger partial charge in [0.1, 0.15) is 11.4 Å². The van der Waals surface area contributed by atoms with Crippen LogP contribution in [0.2, 0.25) is 0 Å². The van der Waals surface area contributed by atoms with Crippen LogP contribution >= 0.6 is 12.2 Å². The van der Waals surface area contributed by atoms with E-state index in [1.807, 2.05) is 6.07 Å². The van der Waals surface area contributed by atoms with Crippen LogP contribution in [0.5, 0.6) is 0 Å². The molecule has 0 saturated heterocycles. The van der Waals surface area contributed by atoms with Gasteiger partial charge in [-0.1, -0.05) is 12.2 Å². The number of pyridine rings is 1. The fourth-order valence-corrected chi connectivity index (χ4v) is 1.48. The number of nitrogens with two attached hydrogens (primary N) is 1. The Hall–Kier alpha value is -1.69. The zero-order valence-electron chi connectivity index (χ0n) is 11.4. The number of amides is 1. The third-order valence-corrected chi connectivity index (χ3v) is 2.32. The van der Waals surface area contributed by atoms with E-state index in [0.29, 0.717) is 17.2 Å². The van der Waals surface area contributed by atoms with Crippen LogP contribution in [0.25, 0.3) is 0 Å². The summed E-state index contributed by atoms with van der Waals surface area (Å²) in [7, 11) is 0. The number of carbonyl (C=O) groups is 1. The van der Waals surface area contributed by atoms with Crippen molar-refractivity contribution in [1.29, 1.82) is 0 Å². The lowest BCUT2D eigenvalue weighted by Gasteiger charge is -2.19. The molecule has 1 amide bonds. The smallest absolute Gasteiger partial charge is 0.413 e. The highest BCUT2D eigenvalue weighted by molar-refractivity contribution is 7.80. The van der Waals surface area contributed by atoms with Crippen molar-refractivity contribution in [2.75, 3.05) is 5.32 Å². The first-order valence-corrected chi connectivity index (χ1v) is 6.40. The Labute approximate surface area is 118 Å². The summed E-state index contributed by atoms with van der Waals surface area (Å²) in [5.41, 5.74) is 5.93. The summed E-state index contributed by atoms with van der Waals surface area (Å²) in [6.07, 6.45) is 2.46. The number of aryl methyl sites for hydroxylation is 1. The van der Waals surface area contributed by atoms with Crippen molar-refractivity contribution in [2.24, 2.45) is 5.73 Å². The van der Waals surface area contributed by atoms with Gasteiger partial charge in [0.05, 0.1) is 4.99 Å². The molecule has 0 saturated carbocycles. The molecule has 0 unspecified atom stereocenters. The lowest BCUT2D eigenvalue weighted by atomic mass is 10.1. The molecule has 0 radical (unpaired) electrons. The van der Waals surface area contributed by atoms with Gasteiger partial charge in [-0.2, -0.15) is 0 Å². The van der Waals surface area contributed by atoms with E-state index in [4.69, 9.17) is 22.7 Å². The Morgan fingerprint density at radius 3 is 2.79 bits per heavy atom. The van der Waals surface area contributed by atoms with Gasteiger partial charge < -0.3 is 10.5 Å². The van der Waals surface area contributed by atoms with Crippen LogP contribution in [0.3, 0.4) is 0 Å². The second-order valence-electron chi connectivity index (χ2n) is 5.14. The highest BCUT2D eigenvalue weighted by atomic mass is 32.1. The van der Waals surface area contributed by atoms with Gasteiger partial charge in [-0.3, -0.25) is 5.32 Å². The van der Waals surface area contributed by atoms with Crippen molar-refractivity contribution in [3.05, 3.63) is 23.9 Å². The van der Waals surface area contributed by atoms with Gasteiger partial charge in [0.25, 0.3) is 0 Å². The summed E-state index contributed by atoms with van der Waals surface area (Å²) in [5.74, 6) is 0.453. The van der Waals surface area contributed by atoms with Gasteiger partial charge in [-0.05, 0) is 44.9 Å². The third kappa shape index (κ3) is 6.71. The molecule has 1 aromatic heterocycles. The summed E-state index contributed by atoms with van der Waals surface area (Å²) in [6, 6.07) is 3.64. The molecule has 0 aliphatic carbocycles. The molecule has 0 bridgehead atoms. The van der Waals surface area contributed by atoms with Crippen LogP contribution in [0.15, 0.2) is 18.3 Å². The van der Waals surface area contributed by atoms with E-state index >= 15 is 0 Å². The van der Waals surface area contributed by atoms with E-state index in [-0.39, 0.29) is 0 Å². The first kappa shape index (κ1) is 15.4. The van der Waals surface area contributed by atoms with Crippen LogP contribution < -0.4 is 11.1 Å². The fraction of sp³-hybridized carbons (Fsp3) is 0.462. The van der Waals surface area contributed by atoms with Crippen molar-refractivity contribution in [1.82, 2.24) is 4.98 Å². The van der Waals surface area contributed by atoms with Crippen LogP contribution in [-0.2, 0) is 11.2 Å². The van der Waals surface area contributed by atoms with E-state index in [1.165, 1.54) is 0 Å². The number of nitrogens with one attached hydrogen (secondary N) is 1. The Morgan fingerprint density at radius 1 is 1.53 bits per heavy atom. The Morgan fingerprint density at radius 2 is 2.21 bits per heavy atom. The van der Waals surface area contributed by atoms with Crippen molar-refractivity contribution >= 4 is 29.1 Å². The summed E-state index contributed by atoms with van der Waals surface area (Å²) in [4.78, 5) is 16.1. The SMILES string of the molecule is CC(C)(C)OC(=O)Nc1cc(CCC(N)=S)ccn1. The van der Waals surface area contributed by atoms with Crippen molar-refractivity contribution < 1.29 is 9.53 Å². The van der Waals surface area contributed by atoms with Crippen LogP contribution in [0.1, 0.15) is 32.8 Å². The Bertz CT molecular complexity index is 469. The number of hydrogen-bond acceptors (Lipinski definition) is 4. The maximum absolute atomic E-state index is 11.6. The van der Waals surface area contributed by atoms with E-state index in [9.17, 15) is 4.79 Å². The maximum atomic E-state index is 11.6. The van der Waals surface area contributed by atoms with Gasteiger partial charge in [0.15, 0.2) is 0 Å². The van der Waals surface area contributed by atoms with Gasteiger partial charge >= 0.3 is 6.09 Å². The average molecular weight is 281 g/mol. The predicted molar refractivity (Wildman–Crippen MR) is 79.2 cm³/mol. The summed E-state index contributed by atoms with van der Waals surface area (Å²) in [5, 5.41) is 2.59. The van der Waals surface area contributed by atoms with E-state index in [0.717, 1.165) is 12.0 Å². The minimum absolute atomic E-state index is 0.453. The minimum Gasteiger partial charge on any atom is -0.444 e. The normalized spacial score (nSPS) is 10.9. The molecule has 0 fully saturated rings. The van der Waals surface area contributed by atoms with E-state index in [2.05, 4.69) is 10.3 Å². The molecule has 1 heterocycles. The van der Waals surface area contributed by atoms with Crippen LogP contribution in [0, 0.1) is 0 Å². The molecule has 0 aromatic carbocycles. The zero-order valence-corrected chi connectivity index (χ0v) is 12.2. The van der Waals surface area contributed by atoms with E-state index in [1.54, 1.807) is 33.0 Å². The van der Waals surface area contributed by atoms with Gasteiger partial charge in [0, 0.05) is 12.6 Å². The maximum Gasteiger partial charge on any atom is 0.413 e. The van der Waals surface area contributed by atoms with Crippen LogP contribution in [0.4, 0.5) is 10.6 Å². The highest BCUT2D eigenvalue weighted by Gasteiger charge is 2.16. The Kier molecular flexibility index (Phi) is 5.23. The average Bonchev–Trinajstić information content (AvgIpc) is 2.24. The summed E-state index contributed by atoms with van der Waals surface area (Å²) < 4.78 is 5.15. The molecule has 1 aromatic rings. The second-order valence-corrected chi connectivity index (χ2v) is 5.67. The molecule has 0 aliphatic rings. The number of rotatable bonds is 4. The minimum atomic E-state index is -0.534. The number of anilines is 1. The zero-order chi connectivity index (χ0) is 14.5. The standard InChI is InChI=1S/C13H19N3O2S/c1-13(2,3)18-12(17)16-11-8-9(6-7-15-11)4-5-10(14)19/h6-8H,4-5H2,1-3H3,(H2,14,19)(H,15,16,17). The van der Waals surface area contributed by atoms with Gasteiger partial charge in [0.2, 0.25) is 0 Å². The largest absolute Gasteiger partial charge is 0.444 e. The first-order valence-electron chi connectivity index (χ1n) is 5.99. The van der Waals surface area contributed by atoms with Crippen LogP contribution in [-0.4, -0.2) is 21.7 Å². The molecule has 6 heteroatoms. The number of aromatic nitrogens is 1. The van der Waals surface area contributed by atoms with E-state index < -0.39 is 11.7 Å². The molecule has 19 heavy (non-hydrogen) atoms. The van der Waals surface area contributed by atoms with Gasteiger partial charge in [-0.15, -0.1) is 0 Å². The molecule has 0 spiro atoms. The summed E-state index contributed by atoms with van der Waals surface area (Å²) in [6.45, 7) is 5.41. The Balaban J connectivity index is 2.61. The first-order chi connectivity index (χ1) is 8.76. The molecule has 5 nitrogen and oxygen atoms in total. The second kappa shape index (κ2) is 6.47. The third-order valence-electron chi connectivity index (χ3n) is 2.11. The monoisotopic (exact) mass is 281 g/mol. The number of hydrogen-bond donors (Lipinski definition) is 2. The quantitative estimate of drug-likeness (QED) is 0.830. The van der Waals surface area contributed by atoms with Crippen molar-refractivity contribution in [3.63, 3.8) is 0 Å². The van der Waals surface area contributed by atoms with Crippen molar-refractivity contribution in [2.45, 2.75) is 39.2 Å². The number of ether oxygens (including phenoxy) is 1. The fourth-order valence-electron chi connectivity index (χ4n) is 1.37. The lowest BCUT2D eigenvalue weighted by Crippen LogP contribution is -2.27. The number of thiocarbonyl (C=S) groups is 1. The topological polar surface area (TPSA) is 77.2 Å². The summed E-state index contributed by atoms with van der Waals surface area (Å²) >= 11 is 4.83. The molecule has 0 atom stereocenters. The number of carbonyl (C=O) groups excluding carboxylic acids is 1. The molecule has 3 N–H and O–H groups in total. The lowest BCUT2D eigenvalue weighted by molar-refractivity contribution is 0.0635. The predicted octanol–water partition coefficient (Wildman–Crippen LogP) is 2.65. The molecular weight excluding hydrogens is 262 g/mol. The molecule has 1 rings (SSSR count). The molecular formula is C13H19N3O2S. The number of nitrogens with zero attached hydrogens (tertiary/aromatic N) is 1. The molecule has 104 valence electrons. The van der Waals surface area contributed by atoms with Crippen molar-refractivity contribution in [3.8, 4) is 0 Å². The highest BCUT2D eigenvalue weighted by Crippen LogP contribution is 2.12.